The van der Waals surface area contributed by atoms with Crippen molar-refractivity contribution in [3.05, 3.63) is 65.2 Å². The third kappa shape index (κ3) is 4.28. The maximum absolute atomic E-state index is 13.4. The lowest BCUT2D eigenvalue weighted by atomic mass is 9.93. The maximum atomic E-state index is 13.4. The quantitative estimate of drug-likeness (QED) is 0.829. The van der Waals surface area contributed by atoms with Crippen LogP contribution in [-0.2, 0) is 16.8 Å². The highest BCUT2D eigenvalue weighted by Crippen LogP contribution is 2.22. The van der Waals surface area contributed by atoms with Gasteiger partial charge in [0.2, 0.25) is 5.91 Å². The number of halogens is 2. The SMILES string of the molecule is CC(C)(NC(=O)CCc1ccccc1N)c1ccc(F)c(F)c1. The zero-order valence-corrected chi connectivity index (χ0v) is 13.2. The van der Waals surface area contributed by atoms with E-state index in [0.717, 1.165) is 17.7 Å². The van der Waals surface area contributed by atoms with Crippen LogP contribution in [0.25, 0.3) is 0 Å². The first kappa shape index (κ1) is 16.9. The number of amides is 1. The number of carbonyl (C=O) groups excluding carboxylic acids is 1. The van der Waals surface area contributed by atoms with Crippen molar-refractivity contribution in [3.63, 3.8) is 0 Å². The highest BCUT2D eigenvalue weighted by atomic mass is 19.2. The predicted molar refractivity (Wildman–Crippen MR) is 86.7 cm³/mol. The molecule has 3 N–H and O–H groups in total. The molecule has 5 heteroatoms. The molecule has 23 heavy (non-hydrogen) atoms. The lowest BCUT2D eigenvalue weighted by Gasteiger charge is -2.27. The Bertz CT molecular complexity index is 714. The smallest absolute Gasteiger partial charge is 0.221 e. The van der Waals surface area contributed by atoms with Crippen molar-refractivity contribution in [1.82, 2.24) is 5.32 Å². The fourth-order valence-electron chi connectivity index (χ4n) is 2.38. The van der Waals surface area contributed by atoms with Crippen LogP contribution in [0.2, 0.25) is 0 Å². The van der Waals surface area contributed by atoms with E-state index in [2.05, 4.69) is 5.32 Å². The Kier molecular flexibility index (Phi) is 4.98. The highest BCUT2D eigenvalue weighted by Gasteiger charge is 2.24. The number of anilines is 1. The normalized spacial score (nSPS) is 11.3. The molecule has 122 valence electrons. The number of hydrogen-bond acceptors (Lipinski definition) is 2. The number of carbonyl (C=O) groups is 1. The summed E-state index contributed by atoms with van der Waals surface area (Å²) in [5.74, 6) is -2.01. The van der Waals surface area contributed by atoms with E-state index in [9.17, 15) is 13.6 Å². The van der Waals surface area contributed by atoms with E-state index in [1.54, 1.807) is 19.9 Å². The van der Waals surface area contributed by atoms with E-state index < -0.39 is 17.2 Å². The molecule has 0 heterocycles. The molecule has 0 aliphatic rings. The van der Waals surface area contributed by atoms with E-state index in [1.807, 2.05) is 18.2 Å². The molecular formula is C18H20F2N2O. The molecular weight excluding hydrogens is 298 g/mol. The van der Waals surface area contributed by atoms with Gasteiger partial charge in [0.1, 0.15) is 0 Å². The first-order valence-electron chi connectivity index (χ1n) is 7.39. The number of rotatable bonds is 5. The Morgan fingerprint density at radius 3 is 2.48 bits per heavy atom. The number of nitrogens with two attached hydrogens (primary N) is 1. The molecule has 0 spiro atoms. The first-order valence-corrected chi connectivity index (χ1v) is 7.39. The maximum Gasteiger partial charge on any atom is 0.221 e. The van der Waals surface area contributed by atoms with Gasteiger partial charge in [0.05, 0.1) is 5.54 Å². The summed E-state index contributed by atoms with van der Waals surface area (Å²) in [6.45, 7) is 3.49. The van der Waals surface area contributed by atoms with Gasteiger partial charge in [0.15, 0.2) is 11.6 Å². The van der Waals surface area contributed by atoms with Crippen molar-refractivity contribution in [1.29, 1.82) is 0 Å². The fourth-order valence-corrected chi connectivity index (χ4v) is 2.38. The molecule has 0 saturated carbocycles. The van der Waals surface area contributed by atoms with Crippen molar-refractivity contribution in [2.45, 2.75) is 32.2 Å². The molecule has 2 aromatic rings. The van der Waals surface area contributed by atoms with Crippen LogP contribution in [0.4, 0.5) is 14.5 Å². The zero-order chi connectivity index (χ0) is 17.0. The zero-order valence-electron chi connectivity index (χ0n) is 13.2. The standard InChI is InChI=1S/C18H20F2N2O/c1-18(2,13-8-9-14(19)15(20)11-13)22-17(23)10-7-12-5-3-4-6-16(12)21/h3-6,8-9,11H,7,10,21H2,1-2H3,(H,22,23). The molecule has 0 unspecified atom stereocenters. The largest absolute Gasteiger partial charge is 0.399 e. The second-order valence-corrected chi connectivity index (χ2v) is 6.00. The van der Waals surface area contributed by atoms with Gasteiger partial charge in [-0.1, -0.05) is 24.3 Å². The lowest BCUT2D eigenvalue weighted by molar-refractivity contribution is -0.122. The van der Waals surface area contributed by atoms with Crippen molar-refractivity contribution in [3.8, 4) is 0 Å². The Morgan fingerprint density at radius 2 is 1.83 bits per heavy atom. The average Bonchev–Trinajstić information content (AvgIpc) is 2.48. The molecule has 3 nitrogen and oxygen atoms in total. The van der Waals surface area contributed by atoms with Gasteiger partial charge >= 0.3 is 0 Å². The third-order valence-corrected chi connectivity index (χ3v) is 3.77. The van der Waals surface area contributed by atoms with Gasteiger partial charge in [-0.15, -0.1) is 0 Å². The third-order valence-electron chi connectivity index (χ3n) is 3.77. The van der Waals surface area contributed by atoms with Gasteiger partial charge in [-0.25, -0.2) is 8.78 Å². The Morgan fingerprint density at radius 1 is 1.13 bits per heavy atom. The van der Waals surface area contributed by atoms with Crippen LogP contribution < -0.4 is 11.1 Å². The summed E-state index contributed by atoms with van der Waals surface area (Å²) in [6, 6.07) is 11.0. The van der Waals surface area contributed by atoms with Crippen LogP contribution in [0, 0.1) is 11.6 Å². The van der Waals surface area contributed by atoms with Crippen LogP contribution in [-0.4, -0.2) is 5.91 Å². The van der Waals surface area contributed by atoms with Crippen LogP contribution in [0.15, 0.2) is 42.5 Å². The summed E-state index contributed by atoms with van der Waals surface area (Å²) in [4.78, 5) is 12.1. The molecule has 0 radical (unpaired) electrons. The summed E-state index contributed by atoms with van der Waals surface area (Å²) in [5, 5.41) is 2.84. The summed E-state index contributed by atoms with van der Waals surface area (Å²) < 4.78 is 26.4. The molecule has 0 aliphatic carbocycles. The molecule has 0 aromatic heterocycles. The Balaban J connectivity index is 2.00. The molecule has 0 saturated heterocycles. The van der Waals surface area contributed by atoms with Gasteiger partial charge in [-0.2, -0.15) is 0 Å². The minimum atomic E-state index is -0.929. The second kappa shape index (κ2) is 6.77. The summed E-state index contributed by atoms with van der Waals surface area (Å²) in [6.07, 6.45) is 0.785. The predicted octanol–water partition coefficient (Wildman–Crippen LogP) is 3.53. The number of hydrogen-bond donors (Lipinski definition) is 2. The first-order chi connectivity index (χ1) is 10.8. The number of nitrogen functional groups attached to an aromatic ring is 1. The van der Waals surface area contributed by atoms with Crippen molar-refractivity contribution in [2.24, 2.45) is 0 Å². The second-order valence-electron chi connectivity index (χ2n) is 6.00. The molecule has 2 aromatic carbocycles. The van der Waals surface area contributed by atoms with Crippen molar-refractivity contribution in [2.75, 3.05) is 5.73 Å². The van der Waals surface area contributed by atoms with Gasteiger partial charge in [-0.3, -0.25) is 4.79 Å². The Hall–Kier alpha value is -2.43. The van der Waals surface area contributed by atoms with E-state index in [4.69, 9.17) is 5.73 Å². The number of benzene rings is 2. The summed E-state index contributed by atoms with van der Waals surface area (Å²) in [7, 11) is 0. The van der Waals surface area contributed by atoms with Gasteiger partial charge < -0.3 is 11.1 Å². The van der Waals surface area contributed by atoms with Crippen molar-refractivity contribution < 1.29 is 13.6 Å². The van der Waals surface area contributed by atoms with E-state index >= 15 is 0 Å². The molecule has 2 rings (SSSR count). The number of aryl methyl sites for hydroxylation is 1. The highest BCUT2D eigenvalue weighted by molar-refractivity contribution is 5.77. The van der Waals surface area contributed by atoms with E-state index in [0.29, 0.717) is 17.7 Å². The molecule has 1 amide bonds. The van der Waals surface area contributed by atoms with Gasteiger partial charge in [-0.05, 0) is 49.6 Å². The van der Waals surface area contributed by atoms with E-state index in [-0.39, 0.29) is 12.3 Å². The molecule has 0 fully saturated rings. The molecule has 0 atom stereocenters. The topological polar surface area (TPSA) is 55.1 Å². The van der Waals surface area contributed by atoms with Gasteiger partial charge in [0.25, 0.3) is 0 Å². The summed E-state index contributed by atoms with van der Waals surface area (Å²) in [5.41, 5.74) is 7.12. The number of para-hydroxylation sites is 1. The summed E-state index contributed by atoms with van der Waals surface area (Å²) >= 11 is 0. The van der Waals surface area contributed by atoms with Gasteiger partial charge in [0, 0.05) is 12.1 Å². The molecule has 0 aliphatic heterocycles. The minimum Gasteiger partial charge on any atom is -0.399 e. The minimum absolute atomic E-state index is 0.178. The Labute approximate surface area is 134 Å². The van der Waals surface area contributed by atoms with E-state index in [1.165, 1.54) is 6.07 Å². The lowest BCUT2D eigenvalue weighted by Crippen LogP contribution is -2.41. The number of nitrogens with one attached hydrogen (secondary N) is 1. The molecule has 0 bridgehead atoms. The van der Waals surface area contributed by atoms with Crippen LogP contribution >= 0.6 is 0 Å². The fraction of sp³-hybridized carbons (Fsp3) is 0.278. The van der Waals surface area contributed by atoms with Crippen molar-refractivity contribution >= 4 is 11.6 Å². The van der Waals surface area contributed by atoms with Crippen LogP contribution in [0.3, 0.4) is 0 Å². The van der Waals surface area contributed by atoms with Crippen LogP contribution in [0.5, 0.6) is 0 Å². The monoisotopic (exact) mass is 318 g/mol. The van der Waals surface area contributed by atoms with Crippen LogP contribution in [0.1, 0.15) is 31.4 Å². The average molecular weight is 318 g/mol.